The number of carbonyl (C=O) groups is 1. The fourth-order valence-electron chi connectivity index (χ4n) is 4.17. The third kappa shape index (κ3) is 2.35. The van der Waals surface area contributed by atoms with Crippen LogP contribution in [0.25, 0.3) is 5.70 Å². The maximum atomic E-state index is 12.4. The Kier molecular flexibility index (Phi) is 3.42. The third-order valence-electron chi connectivity index (χ3n) is 5.74. The Hall–Kier alpha value is -1.86. The molecule has 2 aliphatic carbocycles. The number of allylic oxidation sites excluding steroid dienone is 1. The van der Waals surface area contributed by atoms with Gasteiger partial charge in [-0.25, -0.2) is 4.98 Å². The van der Waals surface area contributed by atoms with Crippen molar-refractivity contribution in [1.29, 1.82) is 5.26 Å². The van der Waals surface area contributed by atoms with Crippen molar-refractivity contribution in [2.24, 2.45) is 5.41 Å². The number of piperidine rings is 1. The number of hydrogen-bond acceptors (Lipinski definition) is 4. The summed E-state index contributed by atoms with van der Waals surface area (Å²) in [5.41, 5.74) is 3.37. The standard InChI is InChI=1S/C18H18ClN3O/c19-16-9-13-12(11-21-16)8-15(23)14(10-20)17(13)22-6-4-18(5-7-22)2-1-3-18/h9,11H,1-8H2. The minimum Gasteiger partial charge on any atom is -0.370 e. The first kappa shape index (κ1) is 14.7. The van der Waals surface area contributed by atoms with Crippen molar-refractivity contribution in [3.63, 3.8) is 0 Å². The van der Waals surface area contributed by atoms with Crippen LogP contribution in [0.2, 0.25) is 5.15 Å². The lowest BCUT2D eigenvalue weighted by Crippen LogP contribution is -2.43. The molecule has 118 valence electrons. The van der Waals surface area contributed by atoms with Crippen LogP contribution in [0, 0.1) is 16.7 Å². The molecule has 2 heterocycles. The van der Waals surface area contributed by atoms with Gasteiger partial charge in [0.15, 0.2) is 5.78 Å². The van der Waals surface area contributed by atoms with E-state index < -0.39 is 0 Å². The minimum atomic E-state index is -0.108. The van der Waals surface area contributed by atoms with Crippen molar-refractivity contribution in [2.45, 2.75) is 38.5 Å². The maximum Gasteiger partial charge on any atom is 0.179 e. The zero-order valence-corrected chi connectivity index (χ0v) is 13.7. The number of halogens is 1. The number of carbonyl (C=O) groups excluding carboxylic acids is 1. The third-order valence-corrected chi connectivity index (χ3v) is 5.95. The molecule has 23 heavy (non-hydrogen) atoms. The molecule has 0 amide bonds. The van der Waals surface area contributed by atoms with E-state index in [0.717, 1.165) is 42.8 Å². The molecular weight excluding hydrogens is 310 g/mol. The highest BCUT2D eigenvalue weighted by atomic mass is 35.5. The van der Waals surface area contributed by atoms with Crippen molar-refractivity contribution in [3.05, 3.63) is 34.1 Å². The van der Waals surface area contributed by atoms with E-state index in [2.05, 4.69) is 16.0 Å². The van der Waals surface area contributed by atoms with Gasteiger partial charge in [-0.1, -0.05) is 18.0 Å². The Balaban J connectivity index is 1.73. The molecule has 1 aromatic heterocycles. The number of pyridine rings is 1. The summed E-state index contributed by atoms with van der Waals surface area (Å²) < 4.78 is 0. The number of aromatic nitrogens is 1. The number of nitrogens with zero attached hydrogens (tertiary/aromatic N) is 3. The van der Waals surface area contributed by atoms with E-state index in [9.17, 15) is 10.1 Å². The lowest BCUT2D eigenvalue weighted by molar-refractivity contribution is -0.114. The van der Waals surface area contributed by atoms with Crippen molar-refractivity contribution < 1.29 is 4.79 Å². The second-order valence-electron chi connectivity index (χ2n) is 6.94. The predicted octanol–water partition coefficient (Wildman–Crippen LogP) is 3.36. The number of fused-ring (bicyclic) bond motifs is 1. The van der Waals surface area contributed by atoms with Crippen molar-refractivity contribution in [2.75, 3.05) is 13.1 Å². The van der Waals surface area contributed by atoms with E-state index in [1.807, 2.05) is 0 Å². The second-order valence-corrected chi connectivity index (χ2v) is 7.33. The summed E-state index contributed by atoms with van der Waals surface area (Å²) in [5, 5.41) is 9.92. The quantitative estimate of drug-likeness (QED) is 0.742. The zero-order valence-electron chi connectivity index (χ0n) is 12.9. The SMILES string of the molecule is N#CC1=C(N2CCC3(CCC3)CC2)c2cc(Cl)ncc2CC1=O. The molecule has 0 unspecified atom stereocenters. The van der Waals surface area contributed by atoms with E-state index >= 15 is 0 Å². The predicted molar refractivity (Wildman–Crippen MR) is 87.6 cm³/mol. The first-order valence-electron chi connectivity index (χ1n) is 8.19. The Morgan fingerprint density at radius 2 is 2.00 bits per heavy atom. The monoisotopic (exact) mass is 327 g/mol. The first-order chi connectivity index (χ1) is 11.1. The normalized spacial score (nSPS) is 22.6. The molecule has 0 aromatic carbocycles. The average Bonchev–Trinajstić information content (AvgIpc) is 2.53. The molecule has 4 nitrogen and oxygen atoms in total. The fourth-order valence-corrected chi connectivity index (χ4v) is 4.33. The van der Waals surface area contributed by atoms with Crippen LogP contribution >= 0.6 is 11.6 Å². The zero-order chi connectivity index (χ0) is 16.0. The smallest absolute Gasteiger partial charge is 0.179 e. The number of nitriles is 1. The van der Waals surface area contributed by atoms with E-state index in [-0.39, 0.29) is 17.8 Å². The van der Waals surface area contributed by atoms with Crippen LogP contribution in [0.3, 0.4) is 0 Å². The number of ketones is 1. The molecule has 4 rings (SSSR count). The maximum absolute atomic E-state index is 12.4. The second kappa shape index (κ2) is 5.35. The molecule has 1 saturated carbocycles. The molecule has 1 spiro atoms. The molecule has 2 fully saturated rings. The lowest BCUT2D eigenvalue weighted by atomic mass is 9.63. The van der Waals surface area contributed by atoms with Crippen LogP contribution in [0.4, 0.5) is 0 Å². The summed E-state index contributed by atoms with van der Waals surface area (Å²) in [6.45, 7) is 1.82. The van der Waals surface area contributed by atoms with Gasteiger partial charge in [0, 0.05) is 31.3 Å². The van der Waals surface area contributed by atoms with Gasteiger partial charge in [-0.3, -0.25) is 4.79 Å². The van der Waals surface area contributed by atoms with E-state index in [4.69, 9.17) is 11.6 Å². The Morgan fingerprint density at radius 3 is 2.61 bits per heavy atom. The van der Waals surface area contributed by atoms with Gasteiger partial charge in [0.25, 0.3) is 0 Å². The van der Waals surface area contributed by atoms with Crippen LogP contribution in [-0.4, -0.2) is 28.8 Å². The van der Waals surface area contributed by atoms with Crippen LogP contribution in [0.5, 0.6) is 0 Å². The summed E-state index contributed by atoms with van der Waals surface area (Å²) in [6.07, 6.45) is 8.21. The number of hydrogen-bond donors (Lipinski definition) is 0. The number of rotatable bonds is 1. The molecule has 0 radical (unpaired) electrons. The minimum absolute atomic E-state index is 0.108. The molecule has 1 saturated heterocycles. The van der Waals surface area contributed by atoms with Gasteiger partial charge in [-0.15, -0.1) is 0 Å². The van der Waals surface area contributed by atoms with Gasteiger partial charge in [-0.2, -0.15) is 5.26 Å². The highest BCUT2D eigenvalue weighted by Crippen LogP contribution is 2.50. The summed E-state index contributed by atoms with van der Waals surface area (Å²) in [5.74, 6) is -0.108. The van der Waals surface area contributed by atoms with Crippen molar-refractivity contribution in [1.82, 2.24) is 9.88 Å². The van der Waals surface area contributed by atoms with Gasteiger partial charge < -0.3 is 4.90 Å². The van der Waals surface area contributed by atoms with Gasteiger partial charge in [0.05, 0.1) is 5.70 Å². The lowest BCUT2D eigenvalue weighted by Gasteiger charge is -2.49. The van der Waals surface area contributed by atoms with Gasteiger partial charge in [0.1, 0.15) is 16.8 Å². The van der Waals surface area contributed by atoms with Crippen LogP contribution in [-0.2, 0) is 11.2 Å². The van der Waals surface area contributed by atoms with Gasteiger partial charge >= 0.3 is 0 Å². The molecule has 0 N–H and O–H groups in total. The average molecular weight is 328 g/mol. The fraction of sp³-hybridized carbons (Fsp3) is 0.500. The Bertz CT molecular complexity index is 748. The van der Waals surface area contributed by atoms with Gasteiger partial charge in [-0.05, 0) is 42.7 Å². The van der Waals surface area contributed by atoms with E-state index in [1.54, 1.807) is 12.3 Å². The first-order valence-corrected chi connectivity index (χ1v) is 8.57. The summed E-state index contributed by atoms with van der Waals surface area (Å²) >= 11 is 6.07. The molecule has 1 aromatic rings. The molecule has 3 aliphatic rings. The Morgan fingerprint density at radius 1 is 1.26 bits per heavy atom. The highest BCUT2D eigenvalue weighted by molar-refractivity contribution is 6.29. The summed E-state index contributed by atoms with van der Waals surface area (Å²) in [6, 6.07) is 3.93. The van der Waals surface area contributed by atoms with Crippen LogP contribution < -0.4 is 0 Å². The van der Waals surface area contributed by atoms with E-state index in [0.29, 0.717) is 10.6 Å². The number of likely N-dealkylation sites (tertiary alicyclic amines) is 1. The van der Waals surface area contributed by atoms with E-state index in [1.165, 1.54) is 19.3 Å². The van der Waals surface area contributed by atoms with Crippen LogP contribution in [0.15, 0.2) is 17.8 Å². The van der Waals surface area contributed by atoms with Crippen molar-refractivity contribution in [3.8, 4) is 6.07 Å². The molecule has 0 atom stereocenters. The molecule has 5 heteroatoms. The highest BCUT2D eigenvalue weighted by Gasteiger charge is 2.41. The largest absolute Gasteiger partial charge is 0.370 e. The molecule has 1 aliphatic heterocycles. The Labute approximate surface area is 140 Å². The summed E-state index contributed by atoms with van der Waals surface area (Å²) in [4.78, 5) is 18.7. The van der Waals surface area contributed by atoms with Crippen LogP contribution in [0.1, 0.15) is 43.2 Å². The molecular formula is C18H18ClN3O. The summed E-state index contributed by atoms with van der Waals surface area (Å²) in [7, 11) is 0. The topological polar surface area (TPSA) is 57.0 Å². The number of Topliss-reactive ketones (excluding diaryl/α,β-unsaturated/α-hetero) is 1. The van der Waals surface area contributed by atoms with Gasteiger partial charge in [0.2, 0.25) is 0 Å². The molecule has 0 bridgehead atoms. The van der Waals surface area contributed by atoms with Crippen molar-refractivity contribution >= 4 is 23.1 Å².